The summed E-state index contributed by atoms with van der Waals surface area (Å²) < 4.78 is 29.0. The van der Waals surface area contributed by atoms with Crippen LogP contribution in [0, 0.1) is 0 Å². The summed E-state index contributed by atoms with van der Waals surface area (Å²) in [6.07, 6.45) is 0. The molecule has 9 aromatic carbocycles. The van der Waals surface area contributed by atoms with Gasteiger partial charge in [0.2, 0.25) is 0 Å². The van der Waals surface area contributed by atoms with Crippen LogP contribution >= 0.6 is 16.8 Å². The molecule has 2 heterocycles. The fourth-order valence-electron chi connectivity index (χ4n) is 8.64. The second-order valence-corrected chi connectivity index (χ2v) is 18.2. The summed E-state index contributed by atoms with van der Waals surface area (Å²) >= 11 is 0. The molecule has 0 amide bonds. The van der Waals surface area contributed by atoms with Gasteiger partial charge in [0, 0.05) is 39.1 Å². The smallest absolute Gasteiger partial charge is 0.301 e. The van der Waals surface area contributed by atoms with Gasteiger partial charge in [-0.1, -0.05) is 127 Å². The topological polar surface area (TPSA) is 52.0 Å². The van der Waals surface area contributed by atoms with Crippen LogP contribution in [0.2, 0.25) is 0 Å². The Labute approximate surface area is 363 Å². The molecule has 62 heavy (non-hydrogen) atoms. The van der Waals surface area contributed by atoms with Gasteiger partial charge in [0.1, 0.15) is 11.2 Å². The predicted octanol–water partition coefficient (Wildman–Crippen LogP) is 15.4. The van der Waals surface area contributed by atoms with Gasteiger partial charge in [0.15, 0.2) is 0 Å². The number of fused-ring (bicyclic) bond motifs is 4. The third-order valence-electron chi connectivity index (χ3n) is 11.6. The van der Waals surface area contributed by atoms with Crippen molar-refractivity contribution in [1.29, 1.82) is 0 Å². The highest BCUT2D eigenvalue weighted by Crippen LogP contribution is 2.70. The zero-order valence-corrected chi connectivity index (χ0v) is 35.6. The summed E-state index contributed by atoms with van der Waals surface area (Å²) in [4.78, 5) is 0. The molecule has 6 nitrogen and oxygen atoms in total. The highest BCUT2D eigenvalue weighted by Gasteiger charge is 2.49. The number of rotatable bonds is 9. The van der Waals surface area contributed by atoms with E-state index in [4.69, 9.17) is 4.42 Å². The number of furan rings is 1. The Bertz CT molecular complexity index is 3270. The summed E-state index contributed by atoms with van der Waals surface area (Å²) in [6.45, 7) is 0. The molecule has 0 saturated carbocycles. The van der Waals surface area contributed by atoms with Crippen molar-refractivity contribution in [3.05, 3.63) is 224 Å². The molecular formula is C54H40N4O2P2. The van der Waals surface area contributed by atoms with Crippen molar-refractivity contribution < 1.29 is 8.98 Å². The van der Waals surface area contributed by atoms with Gasteiger partial charge in [0.25, 0.3) is 0 Å². The van der Waals surface area contributed by atoms with E-state index in [1.54, 1.807) is 0 Å². The Balaban J connectivity index is 1.03. The van der Waals surface area contributed by atoms with Crippen LogP contribution < -0.4 is 24.6 Å². The minimum Gasteiger partial charge on any atom is -0.455 e. The van der Waals surface area contributed by atoms with E-state index in [0.29, 0.717) is 0 Å². The monoisotopic (exact) mass is 838 g/mol. The number of para-hydroxylation sites is 5. The summed E-state index contributed by atoms with van der Waals surface area (Å²) in [5.41, 5.74) is 13.3. The van der Waals surface area contributed by atoms with E-state index in [9.17, 15) is 0 Å². The number of hydrogen-bond donors (Lipinski definition) is 1. The van der Waals surface area contributed by atoms with Gasteiger partial charge < -0.3 is 14.4 Å². The van der Waals surface area contributed by atoms with Crippen molar-refractivity contribution in [3.63, 3.8) is 0 Å². The van der Waals surface area contributed by atoms with Gasteiger partial charge in [-0.2, -0.15) is 0 Å². The van der Waals surface area contributed by atoms with E-state index < -0.39 is 7.44 Å². The summed E-state index contributed by atoms with van der Waals surface area (Å²) in [5, 5.41) is 6.50. The molecule has 10 aromatic rings. The van der Waals surface area contributed by atoms with E-state index in [-0.39, 0.29) is 0 Å². The molecular weight excluding hydrogens is 799 g/mol. The van der Waals surface area contributed by atoms with E-state index in [1.165, 1.54) is 0 Å². The van der Waals surface area contributed by atoms with Crippen molar-refractivity contribution in [2.45, 2.75) is 0 Å². The van der Waals surface area contributed by atoms with Crippen molar-refractivity contribution >= 4 is 89.6 Å². The highest BCUT2D eigenvalue weighted by molar-refractivity contribution is 7.76. The molecule has 1 N–H and O–H groups in total. The maximum absolute atomic E-state index is 16.1. The highest BCUT2D eigenvalue weighted by atomic mass is 31.2. The molecule has 298 valence electrons. The Kier molecular flexibility index (Phi) is 9.46. The zero-order valence-electron chi connectivity index (χ0n) is 33.5. The van der Waals surface area contributed by atoms with Crippen molar-refractivity contribution in [1.82, 2.24) is 0 Å². The quantitative estimate of drug-likeness (QED) is 0.146. The first-order valence-corrected chi connectivity index (χ1v) is 22.7. The Morgan fingerprint density at radius 3 is 1.77 bits per heavy atom. The lowest BCUT2D eigenvalue weighted by atomic mass is 9.99. The van der Waals surface area contributed by atoms with Gasteiger partial charge in [-0.05, 0) is 123 Å². The third kappa shape index (κ3) is 6.44. The van der Waals surface area contributed by atoms with Crippen LogP contribution in [0.1, 0.15) is 0 Å². The molecule has 11 rings (SSSR count). The molecule has 0 spiro atoms. The Hall–Kier alpha value is -7.36. The fraction of sp³-hybridized carbons (Fsp3) is 0. The van der Waals surface area contributed by atoms with E-state index >= 15 is 4.57 Å². The summed E-state index contributed by atoms with van der Waals surface area (Å²) in [6, 6.07) is 76.3. The second-order valence-electron chi connectivity index (χ2n) is 15.3. The lowest BCUT2D eigenvalue weighted by Gasteiger charge is -2.33. The van der Waals surface area contributed by atoms with Gasteiger partial charge in [-0.15, -0.1) is 0 Å². The molecule has 0 fully saturated rings. The molecule has 0 saturated heterocycles. The SMILES string of the molecule is O=P1(c2ccccc2)N(c2ccccc2)c2ccc(-c3ccc4oc5c(-c6ccc(N(P)c7ccccc7)c(Nc7ccccc7)c6)cccc5c4c3)cc2N1c1ccccc1. The molecule has 2 atom stereocenters. The predicted molar refractivity (Wildman–Crippen MR) is 263 cm³/mol. The van der Waals surface area contributed by atoms with E-state index in [1.807, 2.05) is 132 Å². The first kappa shape index (κ1) is 37.6. The number of nitrogens with zero attached hydrogens (tertiary/aromatic N) is 3. The van der Waals surface area contributed by atoms with E-state index in [0.717, 1.165) is 95.0 Å². The molecule has 1 aliphatic heterocycles. The van der Waals surface area contributed by atoms with Gasteiger partial charge in [0.05, 0.1) is 28.1 Å². The molecule has 0 radical (unpaired) electrons. The normalized spacial score (nSPS) is 14.6. The first-order chi connectivity index (χ1) is 30.5. The van der Waals surface area contributed by atoms with E-state index in [2.05, 4.69) is 121 Å². The largest absolute Gasteiger partial charge is 0.455 e. The van der Waals surface area contributed by atoms with Crippen LogP contribution in [-0.4, -0.2) is 0 Å². The average Bonchev–Trinajstić information content (AvgIpc) is 3.85. The maximum atomic E-state index is 16.1. The van der Waals surface area contributed by atoms with Crippen molar-refractivity contribution in [2.75, 3.05) is 19.3 Å². The molecule has 0 aliphatic carbocycles. The minimum atomic E-state index is -3.48. The fourth-order valence-corrected chi connectivity index (χ4v) is 12.0. The lowest BCUT2D eigenvalue weighted by molar-refractivity contribution is 0.582. The first-order valence-electron chi connectivity index (χ1n) is 20.6. The van der Waals surface area contributed by atoms with Gasteiger partial charge >= 0.3 is 7.44 Å². The van der Waals surface area contributed by atoms with Crippen LogP contribution in [-0.2, 0) is 4.57 Å². The Morgan fingerprint density at radius 2 is 1.08 bits per heavy atom. The standard InChI is InChI=1S/C54H40N4O2P2/c59-62(45-25-14-5-15-26-45)57(43-21-10-3-11-22-43)51-33-29-39(37-52(51)58(62)44-23-12-4-13-24-44)38-31-34-53-48(35-38)47-28-16-27-46(54(47)60-53)40-30-32-50(56(61)42-19-8-2-9-20-42)49(36-40)55-41-17-6-1-7-18-41/h1-37,55H,61H2. The average molecular weight is 839 g/mol. The minimum absolute atomic E-state index is 0.757. The molecule has 0 bridgehead atoms. The second kappa shape index (κ2) is 15.6. The van der Waals surface area contributed by atoms with Crippen LogP contribution in [0.4, 0.5) is 45.5 Å². The summed E-state index contributed by atoms with van der Waals surface area (Å²) in [7, 11) is -0.608. The van der Waals surface area contributed by atoms with Gasteiger partial charge in [-0.3, -0.25) is 13.9 Å². The maximum Gasteiger partial charge on any atom is 0.301 e. The van der Waals surface area contributed by atoms with Crippen molar-refractivity contribution in [2.24, 2.45) is 0 Å². The molecule has 1 aliphatic rings. The van der Waals surface area contributed by atoms with Crippen LogP contribution in [0.15, 0.2) is 229 Å². The number of anilines is 8. The number of hydrogen-bond acceptors (Lipinski definition) is 4. The van der Waals surface area contributed by atoms with Crippen LogP contribution in [0.3, 0.4) is 0 Å². The van der Waals surface area contributed by atoms with Crippen molar-refractivity contribution in [3.8, 4) is 22.3 Å². The van der Waals surface area contributed by atoms with Crippen LogP contribution in [0.25, 0.3) is 44.2 Å². The number of nitrogens with one attached hydrogen (secondary N) is 1. The number of benzene rings is 9. The molecule has 2 unspecified atom stereocenters. The Morgan fingerprint density at radius 1 is 0.500 bits per heavy atom. The van der Waals surface area contributed by atoms with Gasteiger partial charge in [-0.25, -0.2) is 0 Å². The third-order valence-corrected chi connectivity index (χ3v) is 15.1. The molecule has 1 aromatic heterocycles. The lowest BCUT2D eigenvalue weighted by Crippen LogP contribution is -2.26. The molecule has 8 heteroatoms. The summed E-state index contributed by atoms with van der Waals surface area (Å²) in [5.74, 6) is 0. The van der Waals surface area contributed by atoms with Crippen LogP contribution in [0.5, 0.6) is 0 Å². The zero-order chi connectivity index (χ0) is 41.6.